The van der Waals surface area contributed by atoms with Gasteiger partial charge in [0.15, 0.2) is 0 Å². The summed E-state index contributed by atoms with van der Waals surface area (Å²) in [5, 5.41) is 0.751. The van der Waals surface area contributed by atoms with Crippen LogP contribution in [0.15, 0.2) is 65.7 Å². The number of halogens is 2. The van der Waals surface area contributed by atoms with Crippen molar-refractivity contribution in [1.82, 2.24) is 4.90 Å². The van der Waals surface area contributed by atoms with Crippen molar-refractivity contribution in [2.24, 2.45) is 4.99 Å². The van der Waals surface area contributed by atoms with Gasteiger partial charge in [0, 0.05) is 0 Å². The first-order valence-electron chi connectivity index (χ1n) is 8.19. The van der Waals surface area contributed by atoms with Gasteiger partial charge in [-0.3, -0.25) is 4.99 Å². The summed E-state index contributed by atoms with van der Waals surface area (Å²) >= 11 is 6.78. The van der Waals surface area contributed by atoms with Gasteiger partial charge in [-0.2, -0.15) is 0 Å². The van der Waals surface area contributed by atoms with E-state index in [0.717, 1.165) is 31.1 Å². The molecule has 128 valence electrons. The van der Waals surface area contributed by atoms with Crippen molar-refractivity contribution >= 4 is 29.2 Å². The average Bonchev–Trinajstić information content (AvgIpc) is 2.62. The zero-order valence-electron chi connectivity index (χ0n) is 14.0. The Morgan fingerprint density at radius 1 is 1.00 bits per heavy atom. The van der Waals surface area contributed by atoms with Gasteiger partial charge in [-0.25, -0.2) is 0 Å². The molecule has 0 amide bonds. The predicted octanol–water partition coefficient (Wildman–Crippen LogP) is 4.91. The fourth-order valence-corrected chi connectivity index (χ4v) is 3.62. The lowest BCUT2D eigenvalue weighted by molar-refractivity contribution is 0.229. The zero-order valence-corrected chi connectivity index (χ0v) is 15.6. The Balaban J connectivity index is 0.00000208. The topological polar surface area (TPSA) is 15.6 Å². The van der Waals surface area contributed by atoms with Gasteiger partial charge in [-0.15, -0.1) is 12.4 Å². The minimum atomic E-state index is -0.135. The Labute approximate surface area is 156 Å². The van der Waals surface area contributed by atoms with Gasteiger partial charge in [0.25, 0.3) is 0 Å². The molecule has 0 unspecified atom stereocenters. The average molecular weight is 363 g/mol. The Morgan fingerprint density at radius 3 is 2.12 bits per heavy atom. The van der Waals surface area contributed by atoms with Crippen LogP contribution in [0.2, 0.25) is 0 Å². The molecular weight excluding hydrogens is 339 g/mol. The summed E-state index contributed by atoms with van der Waals surface area (Å²) in [4.78, 5) is 7.12. The fourth-order valence-electron chi connectivity index (χ4n) is 3.27. The minimum absolute atomic E-state index is 0. The molecular formula is C20H24Cl2N2. The van der Waals surface area contributed by atoms with Crippen molar-refractivity contribution < 1.29 is 0 Å². The highest BCUT2D eigenvalue weighted by Crippen LogP contribution is 2.38. The highest BCUT2D eigenvalue weighted by Gasteiger charge is 2.39. The minimum Gasteiger partial charge on any atom is -0.306 e. The third kappa shape index (κ3) is 4.18. The molecule has 3 rings (SSSR count). The highest BCUT2D eigenvalue weighted by atomic mass is 35.5. The van der Waals surface area contributed by atoms with E-state index in [0.29, 0.717) is 6.54 Å². The van der Waals surface area contributed by atoms with Crippen molar-refractivity contribution in [3.63, 3.8) is 0 Å². The summed E-state index contributed by atoms with van der Waals surface area (Å²) in [5.74, 6) is 0. The third-order valence-electron chi connectivity index (χ3n) is 4.81. The lowest BCUT2D eigenvalue weighted by Crippen LogP contribution is -2.44. The maximum absolute atomic E-state index is 6.78. The smallest absolute Gasteiger partial charge is 0.111 e. The number of nitrogens with zero attached hydrogens (tertiary/aromatic N) is 2. The molecule has 0 spiro atoms. The van der Waals surface area contributed by atoms with Crippen LogP contribution in [0, 0.1) is 0 Å². The molecule has 1 aliphatic heterocycles. The first-order valence-corrected chi connectivity index (χ1v) is 8.57. The van der Waals surface area contributed by atoms with Gasteiger partial charge in [0.1, 0.15) is 5.17 Å². The van der Waals surface area contributed by atoms with E-state index in [4.69, 9.17) is 16.6 Å². The van der Waals surface area contributed by atoms with Crippen LogP contribution >= 0.6 is 24.0 Å². The second kappa shape index (κ2) is 8.66. The monoisotopic (exact) mass is 362 g/mol. The number of piperidine rings is 1. The second-order valence-electron chi connectivity index (χ2n) is 6.34. The van der Waals surface area contributed by atoms with Gasteiger partial charge >= 0.3 is 0 Å². The lowest BCUT2D eigenvalue weighted by Gasteiger charge is -2.40. The largest absolute Gasteiger partial charge is 0.306 e. The Hall–Kier alpha value is -1.35. The van der Waals surface area contributed by atoms with E-state index in [9.17, 15) is 0 Å². The summed E-state index contributed by atoms with van der Waals surface area (Å²) in [5.41, 5.74) is 2.35. The molecule has 0 aromatic heterocycles. The number of benzene rings is 2. The molecule has 0 saturated carbocycles. The van der Waals surface area contributed by atoms with Crippen molar-refractivity contribution in [2.45, 2.75) is 24.8 Å². The molecule has 2 nitrogen and oxygen atoms in total. The number of aliphatic imine (C=N–C) groups is 1. The van der Waals surface area contributed by atoms with Crippen LogP contribution in [0.4, 0.5) is 0 Å². The molecule has 0 atom stereocenters. The van der Waals surface area contributed by atoms with Crippen LogP contribution < -0.4 is 0 Å². The summed E-state index contributed by atoms with van der Waals surface area (Å²) in [7, 11) is 2.17. The molecule has 4 heteroatoms. The quantitative estimate of drug-likeness (QED) is 0.705. The van der Waals surface area contributed by atoms with Gasteiger partial charge in [-0.05, 0) is 44.1 Å². The van der Waals surface area contributed by atoms with E-state index < -0.39 is 0 Å². The van der Waals surface area contributed by atoms with E-state index in [2.05, 4.69) is 54.4 Å². The van der Waals surface area contributed by atoms with E-state index >= 15 is 0 Å². The predicted molar refractivity (Wildman–Crippen MR) is 106 cm³/mol. The van der Waals surface area contributed by atoms with Crippen LogP contribution in [0.5, 0.6) is 0 Å². The Morgan fingerprint density at radius 2 is 1.54 bits per heavy atom. The maximum Gasteiger partial charge on any atom is 0.111 e. The molecule has 2 aromatic carbocycles. The van der Waals surface area contributed by atoms with Crippen LogP contribution in [0.3, 0.4) is 0 Å². The van der Waals surface area contributed by atoms with Gasteiger partial charge < -0.3 is 4.90 Å². The highest BCUT2D eigenvalue weighted by molar-refractivity contribution is 6.67. The van der Waals surface area contributed by atoms with E-state index in [1.54, 1.807) is 0 Å². The van der Waals surface area contributed by atoms with E-state index in [1.807, 2.05) is 18.2 Å². The lowest BCUT2D eigenvalue weighted by atomic mass is 9.73. The molecule has 2 aromatic rings. The first-order chi connectivity index (χ1) is 11.2. The van der Waals surface area contributed by atoms with Gasteiger partial charge in [0.2, 0.25) is 0 Å². The van der Waals surface area contributed by atoms with E-state index in [-0.39, 0.29) is 17.8 Å². The molecule has 1 aliphatic rings. The summed E-state index contributed by atoms with van der Waals surface area (Å²) in [6.45, 7) is 2.74. The van der Waals surface area contributed by atoms with Crippen LogP contribution in [0.25, 0.3) is 0 Å². The van der Waals surface area contributed by atoms with Crippen molar-refractivity contribution in [3.8, 4) is 0 Å². The van der Waals surface area contributed by atoms with Gasteiger partial charge in [-0.1, -0.05) is 72.3 Å². The SMILES string of the molecule is CN1CCC(/C(Cl)=N/Cc2ccccc2)(c2ccccc2)CC1.Cl. The van der Waals surface area contributed by atoms with Crippen molar-refractivity contribution in [2.75, 3.05) is 20.1 Å². The standard InChI is InChI=1S/C20H23ClN2.ClH/c1-23-14-12-20(13-15-23,18-10-6-3-7-11-18)19(21)22-16-17-8-4-2-5-9-17;/h2-11H,12-16H2,1H3;1H/b22-19-;. The van der Waals surface area contributed by atoms with Crippen molar-refractivity contribution in [3.05, 3.63) is 71.8 Å². The normalized spacial score (nSPS) is 18.0. The van der Waals surface area contributed by atoms with E-state index in [1.165, 1.54) is 11.1 Å². The van der Waals surface area contributed by atoms with Crippen LogP contribution in [0.1, 0.15) is 24.0 Å². The number of hydrogen-bond acceptors (Lipinski definition) is 2. The summed E-state index contributed by atoms with van der Waals surface area (Å²) < 4.78 is 0. The molecule has 24 heavy (non-hydrogen) atoms. The number of rotatable bonds is 4. The van der Waals surface area contributed by atoms with Gasteiger partial charge in [0.05, 0.1) is 12.0 Å². The number of likely N-dealkylation sites (tertiary alicyclic amines) is 1. The fraction of sp³-hybridized carbons (Fsp3) is 0.350. The molecule has 0 N–H and O–H groups in total. The molecule has 1 saturated heterocycles. The molecule has 0 radical (unpaired) electrons. The third-order valence-corrected chi connectivity index (χ3v) is 5.29. The first kappa shape index (κ1) is 19.0. The molecule has 0 bridgehead atoms. The summed E-state index contributed by atoms with van der Waals surface area (Å²) in [6, 6.07) is 20.9. The summed E-state index contributed by atoms with van der Waals surface area (Å²) in [6.07, 6.45) is 2.04. The second-order valence-corrected chi connectivity index (χ2v) is 6.70. The molecule has 1 fully saturated rings. The van der Waals surface area contributed by atoms with Crippen LogP contribution in [-0.2, 0) is 12.0 Å². The number of hydrogen-bond donors (Lipinski definition) is 0. The van der Waals surface area contributed by atoms with Crippen molar-refractivity contribution in [1.29, 1.82) is 0 Å². The van der Waals surface area contributed by atoms with Crippen LogP contribution in [-0.4, -0.2) is 30.2 Å². The Bertz CT molecular complexity index is 648. The Kier molecular flexibility index (Phi) is 6.85. The zero-order chi connectivity index (χ0) is 16.1. The maximum atomic E-state index is 6.78. The molecule has 0 aliphatic carbocycles. The molecule has 1 heterocycles.